The van der Waals surface area contributed by atoms with Crippen LogP contribution in [0.4, 0.5) is 0 Å². The van der Waals surface area contributed by atoms with Crippen molar-refractivity contribution >= 4 is 0 Å². The number of likely N-dealkylation sites (N-methyl/N-ethyl adjacent to an activating group) is 1. The van der Waals surface area contributed by atoms with Gasteiger partial charge in [-0.2, -0.15) is 0 Å². The van der Waals surface area contributed by atoms with Crippen molar-refractivity contribution in [3.05, 3.63) is 34.2 Å². The molecule has 1 unspecified atom stereocenters. The summed E-state index contributed by atoms with van der Waals surface area (Å²) in [6.45, 7) is 5.52. The van der Waals surface area contributed by atoms with Gasteiger partial charge in [-0.05, 0) is 25.1 Å². The van der Waals surface area contributed by atoms with Gasteiger partial charge in [-0.25, -0.2) is 0 Å². The number of aliphatic hydroxyl groups is 1. The average molecular weight is 210 g/mol. The SMILES string of the molecule is CCNCC(O)Cn1ccc(C)cc1=O. The standard InChI is InChI=1S/C11H18N2O2/c1-3-12-7-10(14)8-13-5-4-9(2)6-11(13)15/h4-6,10,12,14H,3,7-8H2,1-2H3. The first-order valence-corrected chi connectivity index (χ1v) is 5.19. The van der Waals surface area contributed by atoms with Gasteiger partial charge in [0, 0.05) is 18.8 Å². The monoisotopic (exact) mass is 210 g/mol. The van der Waals surface area contributed by atoms with E-state index in [9.17, 15) is 9.90 Å². The number of rotatable bonds is 5. The molecule has 1 aromatic rings. The molecule has 4 heteroatoms. The molecule has 1 aromatic heterocycles. The number of aromatic nitrogens is 1. The van der Waals surface area contributed by atoms with Crippen molar-refractivity contribution in [3.8, 4) is 0 Å². The zero-order valence-corrected chi connectivity index (χ0v) is 9.23. The fourth-order valence-corrected chi connectivity index (χ4v) is 1.36. The van der Waals surface area contributed by atoms with Gasteiger partial charge < -0.3 is 15.0 Å². The molecular weight excluding hydrogens is 192 g/mol. The van der Waals surface area contributed by atoms with Crippen molar-refractivity contribution in [2.24, 2.45) is 0 Å². The quantitative estimate of drug-likeness (QED) is 0.726. The third-order valence-electron chi connectivity index (χ3n) is 2.19. The van der Waals surface area contributed by atoms with Gasteiger partial charge in [0.1, 0.15) is 0 Å². The Morgan fingerprint density at radius 3 is 2.93 bits per heavy atom. The lowest BCUT2D eigenvalue weighted by Crippen LogP contribution is -2.33. The van der Waals surface area contributed by atoms with E-state index in [0.29, 0.717) is 13.1 Å². The van der Waals surface area contributed by atoms with Crippen LogP contribution in [0, 0.1) is 6.92 Å². The number of nitrogens with one attached hydrogen (secondary N) is 1. The summed E-state index contributed by atoms with van der Waals surface area (Å²) < 4.78 is 1.52. The zero-order chi connectivity index (χ0) is 11.3. The minimum atomic E-state index is -0.523. The summed E-state index contributed by atoms with van der Waals surface area (Å²) >= 11 is 0. The molecule has 1 rings (SSSR count). The van der Waals surface area contributed by atoms with Crippen LogP contribution < -0.4 is 10.9 Å². The Morgan fingerprint density at radius 2 is 2.33 bits per heavy atom. The number of aryl methyl sites for hydroxylation is 1. The van der Waals surface area contributed by atoms with Crippen molar-refractivity contribution < 1.29 is 5.11 Å². The third-order valence-corrected chi connectivity index (χ3v) is 2.19. The van der Waals surface area contributed by atoms with Crippen molar-refractivity contribution in [2.75, 3.05) is 13.1 Å². The van der Waals surface area contributed by atoms with E-state index in [2.05, 4.69) is 5.32 Å². The van der Waals surface area contributed by atoms with E-state index >= 15 is 0 Å². The molecule has 0 aliphatic heterocycles. The lowest BCUT2D eigenvalue weighted by atomic mass is 10.3. The Labute approximate surface area is 89.6 Å². The van der Waals surface area contributed by atoms with Crippen molar-refractivity contribution in [1.29, 1.82) is 0 Å². The smallest absolute Gasteiger partial charge is 0.250 e. The Kier molecular flexibility index (Phi) is 4.52. The van der Waals surface area contributed by atoms with Crippen LogP contribution in [-0.2, 0) is 6.54 Å². The van der Waals surface area contributed by atoms with E-state index in [1.807, 2.05) is 19.9 Å². The molecule has 0 aliphatic rings. The largest absolute Gasteiger partial charge is 0.390 e. The summed E-state index contributed by atoms with van der Waals surface area (Å²) in [4.78, 5) is 11.5. The number of pyridine rings is 1. The van der Waals surface area contributed by atoms with Crippen LogP contribution >= 0.6 is 0 Å². The van der Waals surface area contributed by atoms with Gasteiger partial charge in [0.25, 0.3) is 5.56 Å². The summed E-state index contributed by atoms with van der Waals surface area (Å²) in [5.74, 6) is 0. The maximum atomic E-state index is 11.5. The molecule has 0 radical (unpaired) electrons. The summed E-state index contributed by atoms with van der Waals surface area (Å²) in [5, 5.41) is 12.6. The second-order valence-electron chi connectivity index (χ2n) is 3.66. The fraction of sp³-hybridized carbons (Fsp3) is 0.545. The van der Waals surface area contributed by atoms with E-state index in [-0.39, 0.29) is 5.56 Å². The molecule has 2 N–H and O–H groups in total. The topological polar surface area (TPSA) is 54.3 Å². The van der Waals surface area contributed by atoms with Gasteiger partial charge in [-0.3, -0.25) is 4.79 Å². The molecule has 0 saturated carbocycles. The van der Waals surface area contributed by atoms with E-state index < -0.39 is 6.10 Å². The maximum Gasteiger partial charge on any atom is 0.250 e. The summed E-state index contributed by atoms with van der Waals surface area (Å²) in [6, 6.07) is 3.43. The van der Waals surface area contributed by atoms with Gasteiger partial charge in [-0.1, -0.05) is 6.92 Å². The predicted molar refractivity (Wildman–Crippen MR) is 60.0 cm³/mol. The number of hydrogen-bond donors (Lipinski definition) is 2. The van der Waals surface area contributed by atoms with E-state index in [0.717, 1.165) is 12.1 Å². The van der Waals surface area contributed by atoms with Crippen molar-refractivity contribution in [3.63, 3.8) is 0 Å². The highest BCUT2D eigenvalue weighted by atomic mass is 16.3. The summed E-state index contributed by atoms with van der Waals surface area (Å²) in [5.41, 5.74) is 0.878. The molecule has 0 aromatic carbocycles. The number of aliphatic hydroxyl groups excluding tert-OH is 1. The molecule has 1 atom stereocenters. The third kappa shape index (κ3) is 3.85. The lowest BCUT2D eigenvalue weighted by molar-refractivity contribution is 0.151. The van der Waals surface area contributed by atoms with Gasteiger partial charge in [0.15, 0.2) is 0 Å². The highest BCUT2D eigenvalue weighted by Crippen LogP contribution is 1.93. The minimum absolute atomic E-state index is 0.0643. The van der Waals surface area contributed by atoms with E-state index in [4.69, 9.17) is 0 Å². The Hall–Kier alpha value is -1.13. The highest BCUT2D eigenvalue weighted by molar-refractivity contribution is 5.08. The van der Waals surface area contributed by atoms with Gasteiger partial charge in [0.05, 0.1) is 12.6 Å². The first-order valence-electron chi connectivity index (χ1n) is 5.19. The zero-order valence-electron chi connectivity index (χ0n) is 9.23. The molecule has 0 fully saturated rings. The number of nitrogens with zero attached hydrogens (tertiary/aromatic N) is 1. The van der Waals surface area contributed by atoms with E-state index in [1.165, 1.54) is 4.57 Å². The van der Waals surface area contributed by atoms with Gasteiger partial charge >= 0.3 is 0 Å². The van der Waals surface area contributed by atoms with Crippen LogP contribution in [0.25, 0.3) is 0 Å². The average Bonchev–Trinajstić information content (AvgIpc) is 2.19. The molecule has 0 saturated heterocycles. The normalized spacial score (nSPS) is 12.7. The van der Waals surface area contributed by atoms with Crippen molar-refractivity contribution in [1.82, 2.24) is 9.88 Å². The molecule has 1 heterocycles. The molecule has 4 nitrogen and oxygen atoms in total. The molecular formula is C11H18N2O2. The molecule has 0 spiro atoms. The molecule has 0 bridgehead atoms. The van der Waals surface area contributed by atoms with Crippen LogP contribution in [0.1, 0.15) is 12.5 Å². The van der Waals surface area contributed by atoms with E-state index in [1.54, 1.807) is 12.3 Å². The Balaban J connectivity index is 2.60. The first kappa shape index (κ1) is 11.9. The summed E-state index contributed by atoms with van der Waals surface area (Å²) in [7, 11) is 0. The van der Waals surface area contributed by atoms with Crippen LogP contribution in [-0.4, -0.2) is 28.9 Å². The summed E-state index contributed by atoms with van der Waals surface area (Å²) in [6.07, 6.45) is 1.19. The molecule has 15 heavy (non-hydrogen) atoms. The van der Waals surface area contributed by atoms with Gasteiger partial charge in [-0.15, -0.1) is 0 Å². The van der Waals surface area contributed by atoms with Crippen LogP contribution in [0.5, 0.6) is 0 Å². The molecule has 0 amide bonds. The second kappa shape index (κ2) is 5.68. The van der Waals surface area contributed by atoms with Crippen LogP contribution in [0.2, 0.25) is 0 Å². The van der Waals surface area contributed by atoms with Crippen LogP contribution in [0.15, 0.2) is 23.1 Å². The number of hydrogen-bond acceptors (Lipinski definition) is 3. The van der Waals surface area contributed by atoms with Crippen molar-refractivity contribution in [2.45, 2.75) is 26.5 Å². The van der Waals surface area contributed by atoms with Crippen LogP contribution in [0.3, 0.4) is 0 Å². The predicted octanol–water partition coefficient (Wildman–Crippen LogP) is 0.127. The van der Waals surface area contributed by atoms with Gasteiger partial charge in [0.2, 0.25) is 0 Å². The molecule has 0 aliphatic carbocycles. The lowest BCUT2D eigenvalue weighted by Gasteiger charge is -2.12. The fourth-order valence-electron chi connectivity index (χ4n) is 1.36. The Bertz CT molecular complexity index is 360. The second-order valence-corrected chi connectivity index (χ2v) is 3.66. The molecule has 84 valence electrons. The Morgan fingerprint density at radius 1 is 1.60 bits per heavy atom. The first-order chi connectivity index (χ1) is 7.13. The maximum absolute atomic E-state index is 11.5. The highest BCUT2D eigenvalue weighted by Gasteiger charge is 2.05. The minimum Gasteiger partial charge on any atom is -0.390 e.